The van der Waals surface area contributed by atoms with Crippen molar-refractivity contribution >= 4 is 71.8 Å². The van der Waals surface area contributed by atoms with E-state index in [9.17, 15) is 14.8 Å². The van der Waals surface area contributed by atoms with Crippen LogP contribution in [0.25, 0.3) is 0 Å². The normalized spacial score (nSPS) is 10.1. The van der Waals surface area contributed by atoms with E-state index in [1.165, 1.54) is 7.11 Å². The van der Waals surface area contributed by atoms with Gasteiger partial charge in [-0.15, -0.1) is 10.9 Å². The Morgan fingerprint density at radius 3 is 1.94 bits per heavy atom. The van der Waals surface area contributed by atoms with Gasteiger partial charge in [-0.2, -0.15) is 0 Å². The molecule has 0 radical (unpaired) electrons. The summed E-state index contributed by atoms with van der Waals surface area (Å²) < 4.78 is 4.70. The van der Waals surface area contributed by atoms with Gasteiger partial charge < -0.3 is 14.8 Å². The van der Waals surface area contributed by atoms with E-state index in [4.69, 9.17) is 4.74 Å². The molecule has 9 heteroatoms. The number of esters is 1. The molecule has 0 aliphatic rings. The number of carbonyl (C=O) groups is 1. The lowest BCUT2D eigenvalue weighted by Gasteiger charge is -2.19. The van der Waals surface area contributed by atoms with E-state index in [0.29, 0.717) is 5.46 Å². The Kier molecular flexibility index (Phi) is 4.17. The fourth-order valence-electron chi connectivity index (χ4n) is 2.03. The number of rotatable bonds is 2. The molecule has 0 fully saturated rings. The minimum absolute atomic E-state index is 0.234. The smallest absolute Gasteiger partial charge is 0.465 e. The standard InChI is InChI=1S/C8H13B5O4/c1-17-8(14)2-3(9)4(10)5(11)6(12)7(2)13(15)16/h15-16H,9-12H2,1H3. The largest absolute Gasteiger partial charge is 0.488 e. The van der Waals surface area contributed by atoms with E-state index < -0.39 is 13.1 Å². The monoisotopic (exact) mass is 228 g/mol. The Balaban J connectivity index is 3.72. The summed E-state index contributed by atoms with van der Waals surface area (Å²) >= 11 is 0. The van der Waals surface area contributed by atoms with Crippen LogP contribution in [0.4, 0.5) is 0 Å². The first-order valence-electron chi connectivity index (χ1n) is 5.37. The highest BCUT2D eigenvalue weighted by Gasteiger charge is 2.27. The van der Waals surface area contributed by atoms with Gasteiger partial charge in [0, 0.05) is 0 Å². The molecule has 17 heavy (non-hydrogen) atoms. The third kappa shape index (κ3) is 2.30. The fourth-order valence-corrected chi connectivity index (χ4v) is 2.03. The summed E-state index contributed by atoms with van der Waals surface area (Å²) in [6.45, 7) is 0. The summed E-state index contributed by atoms with van der Waals surface area (Å²) in [5, 5.41) is 18.8. The van der Waals surface area contributed by atoms with Gasteiger partial charge in [0.15, 0.2) is 0 Å². The van der Waals surface area contributed by atoms with E-state index in [1.807, 2.05) is 15.7 Å². The predicted molar refractivity (Wildman–Crippen MR) is 80.3 cm³/mol. The van der Waals surface area contributed by atoms with E-state index >= 15 is 0 Å². The minimum Gasteiger partial charge on any atom is -0.465 e. The number of hydrogen-bond donors (Lipinski definition) is 2. The topological polar surface area (TPSA) is 66.8 Å². The molecule has 0 amide bonds. The van der Waals surface area contributed by atoms with Gasteiger partial charge in [0.1, 0.15) is 31.4 Å². The molecule has 1 aromatic carbocycles. The van der Waals surface area contributed by atoms with Crippen LogP contribution in [0.5, 0.6) is 0 Å². The third-order valence-electron chi connectivity index (χ3n) is 3.38. The first-order valence-corrected chi connectivity index (χ1v) is 5.37. The van der Waals surface area contributed by atoms with Crippen LogP contribution >= 0.6 is 0 Å². The minimum atomic E-state index is -1.68. The SMILES string of the molecule is Bc1c(B)c(B)c(C(=O)OC)c(B(O)O)c1B. The molecule has 0 saturated heterocycles. The third-order valence-corrected chi connectivity index (χ3v) is 3.38. The van der Waals surface area contributed by atoms with Crippen molar-refractivity contribution < 1.29 is 19.6 Å². The molecule has 0 saturated carbocycles. The van der Waals surface area contributed by atoms with Crippen molar-refractivity contribution in [2.45, 2.75) is 0 Å². The van der Waals surface area contributed by atoms with Gasteiger partial charge in [-0.25, -0.2) is 4.79 Å². The van der Waals surface area contributed by atoms with Gasteiger partial charge in [-0.1, -0.05) is 10.9 Å². The van der Waals surface area contributed by atoms with Crippen molar-refractivity contribution in [3.8, 4) is 0 Å². The van der Waals surface area contributed by atoms with E-state index in [-0.39, 0.29) is 11.0 Å². The first kappa shape index (κ1) is 14.0. The predicted octanol–water partition coefficient (Wildman–Crippen LogP) is -7.81. The maximum Gasteiger partial charge on any atom is 0.488 e. The van der Waals surface area contributed by atoms with Crippen LogP contribution in [-0.4, -0.2) is 61.6 Å². The molecule has 4 nitrogen and oxygen atoms in total. The van der Waals surface area contributed by atoms with Gasteiger partial charge in [-0.3, -0.25) is 0 Å². The maximum atomic E-state index is 11.7. The van der Waals surface area contributed by atoms with Crippen LogP contribution in [-0.2, 0) is 4.74 Å². The molecule has 0 spiro atoms. The van der Waals surface area contributed by atoms with Crippen molar-refractivity contribution in [3.63, 3.8) is 0 Å². The van der Waals surface area contributed by atoms with Gasteiger partial charge >= 0.3 is 13.1 Å². The first-order chi connectivity index (χ1) is 7.82. The van der Waals surface area contributed by atoms with Crippen LogP contribution in [0.15, 0.2) is 0 Å². The summed E-state index contributed by atoms with van der Waals surface area (Å²) in [5.41, 5.74) is 3.85. The summed E-state index contributed by atoms with van der Waals surface area (Å²) in [7, 11) is 6.94. The quantitative estimate of drug-likeness (QED) is 0.389. The Morgan fingerprint density at radius 1 is 1.06 bits per heavy atom. The van der Waals surface area contributed by atoms with Crippen LogP contribution in [0.3, 0.4) is 0 Å². The van der Waals surface area contributed by atoms with Crippen molar-refractivity contribution in [1.29, 1.82) is 0 Å². The number of benzene rings is 1. The molecule has 0 aliphatic carbocycles. The van der Waals surface area contributed by atoms with Gasteiger partial charge in [-0.05, 0) is 5.46 Å². The molecule has 0 heterocycles. The maximum absolute atomic E-state index is 11.7. The number of methoxy groups -OCH3 is 1. The van der Waals surface area contributed by atoms with Crippen LogP contribution in [0.1, 0.15) is 10.4 Å². The number of ether oxygens (including phenoxy) is 1. The Bertz CT molecular complexity index is 474. The lowest BCUT2D eigenvalue weighted by molar-refractivity contribution is 0.0603. The number of hydrogen-bond acceptors (Lipinski definition) is 4. The molecule has 2 N–H and O–H groups in total. The Hall–Kier alpha value is -1.07. The van der Waals surface area contributed by atoms with Crippen molar-refractivity contribution in [1.82, 2.24) is 0 Å². The van der Waals surface area contributed by atoms with Gasteiger partial charge in [0.25, 0.3) is 0 Å². The molecule has 0 bridgehead atoms. The average Bonchev–Trinajstić information content (AvgIpc) is 2.29. The Morgan fingerprint density at radius 2 is 1.53 bits per heavy atom. The van der Waals surface area contributed by atoms with Crippen molar-refractivity contribution in [3.05, 3.63) is 5.56 Å². The summed E-state index contributed by atoms with van der Waals surface area (Å²) in [6.07, 6.45) is 0. The fraction of sp³-hybridized carbons (Fsp3) is 0.125. The average molecular weight is 227 g/mol. The molecule has 84 valence electrons. The highest BCUT2D eigenvalue weighted by atomic mass is 16.5. The van der Waals surface area contributed by atoms with E-state index in [2.05, 4.69) is 0 Å². The lowest BCUT2D eigenvalue weighted by Crippen LogP contribution is -2.61. The molecule has 0 atom stereocenters. The van der Waals surface area contributed by atoms with Crippen molar-refractivity contribution in [2.24, 2.45) is 0 Å². The summed E-state index contributed by atoms with van der Waals surface area (Å²) in [6, 6.07) is 0. The number of carbonyl (C=O) groups excluding carboxylic acids is 1. The van der Waals surface area contributed by atoms with Crippen LogP contribution in [0.2, 0.25) is 0 Å². The highest BCUT2D eigenvalue weighted by Crippen LogP contribution is 1.92. The molecule has 1 rings (SSSR count). The highest BCUT2D eigenvalue weighted by molar-refractivity contribution is 6.74. The zero-order valence-electron chi connectivity index (χ0n) is 10.8. The second kappa shape index (κ2) is 5.06. The molecular formula is C8H13B5O4. The molecule has 0 unspecified atom stereocenters. The summed E-state index contributed by atoms with van der Waals surface area (Å²) in [4.78, 5) is 11.7. The van der Waals surface area contributed by atoms with Crippen LogP contribution in [0, 0.1) is 0 Å². The molecule has 1 aromatic rings. The lowest BCUT2D eigenvalue weighted by atomic mass is 9.57. The van der Waals surface area contributed by atoms with Gasteiger partial charge in [0.2, 0.25) is 0 Å². The van der Waals surface area contributed by atoms with Gasteiger partial charge in [0.05, 0.1) is 12.7 Å². The molecule has 0 aliphatic heterocycles. The second-order valence-electron chi connectivity index (χ2n) is 4.15. The zero-order valence-corrected chi connectivity index (χ0v) is 10.8. The van der Waals surface area contributed by atoms with Crippen LogP contribution < -0.4 is 27.3 Å². The second-order valence-corrected chi connectivity index (χ2v) is 4.15. The van der Waals surface area contributed by atoms with E-state index in [1.54, 1.807) is 15.7 Å². The van der Waals surface area contributed by atoms with Crippen molar-refractivity contribution in [2.75, 3.05) is 7.11 Å². The zero-order chi connectivity index (χ0) is 13.3. The Labute approximate surface area is 105 Å². The molecular weight excluding hydrogens is 214 g/mol. The summed E-state index contributed by atoms with van der Waals surface area (Å²) in [5.74, 6) is -0.545. The van der Waals surface area contributed by atoms with E-state index in [0.717, 1.165) is 16.4 Å². The molecule has 0 aromatic heterocycles.